The fourth-order valence-corrected chi connectivity index (χ4v) is 0.735. The molecule has 13 heteroatoms. The number of carbonyl (C=O) groups excluding carboxylic acids is 2. The topological polar surface area (TPSA) is 127 Å². The zero-order valence-corrected chi connectivity index (χ0v) is 15.3. The van der Waals surface area contributed by atoms with Crippen molar-refractivity contribution < 1.29 is 60.8 Å². The van der Waals surface area contributed by atoms with Gasteiger partial charge in [0.05, 0.1) is 13.5 Å². The van der Waals surface area contributed by atoms with Gasteiger partial charge in [-0.2, -0.15) is 22.0 Å². The summed E-state index contributed by atoms with van der Waals surface area (Å²) in [5.41, 5.74) is 0.130. The smallest absolute Gasteiger partial charge is 0.456 e. The third-order valence-electron chi connectivity index (χ3n) is 2.18. The quantitative estimate of drug-likeness (QED) is 0.356. The van der Waals surface area contributed by atoms with Crippen LogP contribution in [0.3, 0.4) is 0 Å². The summed E-state index contributed by atoms with van der Waals surface area (Å²) in [6.45, 7) is 8.76. The summed E-state index contributed by atoms with van der Waals surface area (Å²) in [4.78, 5) is 40.0. The van der Waals surface area contributed by atoms with Gasteiger partial charge in [0, 0.05) is 17.2 Å². The van der Waals surface area contributed by atoms with E-state index in [4.69, 9.17) is 10.2 Å². The summed E-state index contributed by atoms with van der Waals surface area (Å²) >= 11 is 0. The predicted molar refractivity (Wildman–Crippen MR) is 88.0 cm³/mol. The van der Waals surface area contributed by atoms with Crippen molar-refractivity contribution in [2.45, 2.75) is 25.4 Å². The number of aliphatic carboxylic acids is 2. The van der Waals surface area contributed by atoms with Gasteiger partial charge in [-0.3, -0.25) is 4.79 Å². The molecule has 0 heterocycles. The molecule has 0 fully saturated rings. The number of carboxylic acids is 2. The zero-order valence-electron chi connectivity index (χ0n) is 15.3. The van der Waals surface area contributed by atoms with Crippen LogP contribution < -0.4 is 0 Å². The maximum absolute atomic E-state index is 12.0. The third-order valence-corrected chi connectivity index (χ3v) is 2.18. The van der Waals surface area contributed by atoms with Gasteiger partial charge in [0.25, 0.3) is 0 Å². The second-order valence-electron chi connectivity index (χ2n) is 4.77. The minimum atomic E-state index is -5.71. The van der Waals surface area contributed by atoms with E-state index in [-0.39, 0.29) is 11.5 Å². The van der Waals surface area contributed by atoms with E-state index in [1.807, 2.05) is 0 Å². The molecule has 0 aromatic heterocycles. The Kier molecular flexibility index (Phi) is 14.6. The Morgan fingerprint density at radius 1 is 1.03 bits per heavy atom. The molecule has 0 spiro atoms. The van der Waals surface area contributed by atoms with Gasteiger partial charge in [-0.25, -0.2) is 14.4 Å². The molecule has 0 aliphatic carbocycles. The fourth-order valence-electron chi connectivity index (χ4n) is 0.735. The lowest BCUT2D eigenvalue weighted by molar-refractivity contribution is -0.293. The standard InChI is InChI=1S/C6H5F5O2.C5H6O4.C5H8O2/c1-2-4(12)13-3-5(7,8)6(9,10)11;1-3(5(8)9)2-4(6)7;1-4(2)5(6)7-3/h2H,1,3H2;1-2H2,(H,6,7)(H,8,9);1H2,2-3H3. The average molecular weight is 434 g/mol. The summed E-state index contributed by atoms with van der Waals surface area (Å²) in [6.07, 6.45) is -5.73. The molecule has 0 aliphatic heterocycles. The molecule has 0 bridgehead atoms. The molecule has 0 radical (unpaired) electrons. The molecule has 29 heavy (non-hydrogen) atoms. The van der Waals surface area contributed by atoms with Crippen LogP contribution in [0.5, 0.6) is 0 Å². The van der Waals surface area contributed by atoms with Crippen LogP contribution in [0.1, 0.15) is 13.3 Å². The molecular weight excluding hydrogens is 415 g/mol. The number of carbonyl (C=O) groups is 4. The van der Waals surface area contributed by atoms with Crippen molar-refractivity contribution >= 4 is 23.9 Å². The molecule has 0 saturated heterocycles. The molecule has 8 nitrogen and oxygen atoms in total. The number of halogens is 5. The first-order valence-electron chi connectivity index (χ1n) is 7.03. The second kappa shape index (κ2) is 13.8. The Hall–Kier alpha value is -3.25. The normalized spacial score (nSPS) is 10.0. The Bertz CT molecular complexity index is 638. The van der Waals surface area contributed by atoms with E-state index in [9.17, 15) is 41.1 Å². The van der Waals surface area contributed by atoms with Crippen LogP contribution in [0.4, 0.5) is 22.0 Å². The number of carboxylic acid groups (broad SMARTS) is 2. The van der Waals surface area contributed by atoms with E-state index in [2.05, 4.69) is 29.2 Å². The summed E-state index contributed by atoms with van der Waals surface area (Å²) in [7, 11) is 1.33. The van der Waals surface area contributed by atoms with Crippen molar-refractivity contribution in [2.24, 2.45) is 0 Å². The van der Waals surface area contributed by atoms with Crippen LogP contribution in [0.25, 0.3) is 0 Å². The van der Waals surface area contributed by atoms with E-state index in [1.165, 1.54) is 7.11 Å². The van der Waals surface area contributed by atoms with E-state index >= 15 is 0 Å². The Morgan fingerprint density at radius 2 is 1.48 bits per heavy atom. The summed E-state index contributed by atoms with van der Waals surface area (Å²) in [5.74, 6) is -9.14. The average Bonchev–Trinajstić information content (AvgIpc) is 2.58. The lowest BCUT2D eigenvalue weighted by Gasteiger charge is -2.18. The maximum Gasteiger partial charge on any atom is 0.456 e. The summed E-state index contributed by atoms with van der Waals surface area (Å²) in [6, 6.07) is 0. The Balaban J connectivity index is -0.000000370. The Labute approximate surface area is 161 Å². The van der Waals surface area contributed by atoms with E-state index in [1.54, 1.807) is 6.92 Å². The SMILES string of the molecule is C=C(C)C(=O)OC.C=C(CC(=O)O)C(=O)O.C=CC(=O)OCC(F)(F)C(F)(F)F. The number of rotatable bonds is 7. The first-order valence-corrected chi connectivity index (χ1v) is 7.03. The highest BCUT2D eigenvalue weighted by molar-refractivity contribution is 5.91. The molecule has 0 unspecified atom stereocenters. The largest absolute Gasteiger partial charge is 0.481 e. The van der Waals surface area contributed by atoms with Gasteiger partial charge in [-0.1, -0.05) is 19.7 Å². The van der Waals surface area contributed by atoms with Gasteiger partial charge < -0.3 is 19.7 Å². The molecule has 166 valence electrons. The van der Waals surface area contributed by atoms with E-state index in [0.717, 1.165) is 0 Å². The molecule has 0 amide bonds. The highest BCUT2D eigenvalue weighted by Gasteiger charge is 2.58. The third kappa shape index (κ3) is 16.6. The van der Waals surface area contributed by atoms with Gasteiger partial charge in [-0.05, 0) is 6.92 Å². The second-order valence-corrected chi connectivity index (χ2v) is 4.77. The number of esters is 2. The van der Waals surface area contributed by atoms with Gasteiger partial charge in [-0.15, -0.1) is 0 Å². The van der Waals surface area contributed by atoms with Crippen molar-refractivity contribution in [1.82, 2.24) is 0 Å². The van der Waals surface area contributed by atoms with Gasteiger partial charge in [0.15, 0.2) is 6.61 Å². The predicted octanol–water partition coefficient (Wildman–Crippen LogP) is 2.75. The first kappa shape index (κ1) is 30.5. The molecule has 0 aromatic carbocycles. The van der Waals surface area contributed by atoms with Crippen molar-refractivity contribution in [1.29, 1.82) is 0 Å². The summed E-state index contributed by atoms with van der Waals surface area (Å²) < 4.78 is 66.1. The summed E-state index contributed by atoms with van der Waals surface area (Å²) in [5, 5.41) is 16.1. The molecule has 2 N–H and O–H groups in total. The minimum Gasteiger partial charge on any atom is -0.481 e. The van der Waals surface area contributed by atoms with Crippen LogP contribution in [-0.4, -0.2) is 59.9 Å². The minimum absolute atomic E-state index is 0.303. The van der Waals surface area contributed by atoms with Crippen molar-refractivity contribution in [3.05, 3.63) is 37.0 Å². The van der Waals surface area contributed by atoms with Crippen LogP contribution >= 0.6 is 0 Å². The molecule has 0 atom stereocenters. The number of alkyl halides is 5. The first-order chi connectivity index (χ1) is 12.9. The zero-order chi connectivity index (χ0) is 24.0. The monoisotopic (exact) mass is 434 g/mol. The molecular formula is C16H19F5O8. The number of hydrogen-bond acceptors (Lipinski definition) is 6. The lowest BCUT2D eigenvalue weighted by Crippen LogP contribution is -2.41. The Morgan fingerprint density at radius 3 is 1.66 bits per heavy atom. The van der Waals surface area contributed by atoms with Crippen molar-refractivity contribution in [3.8, 4) is 0 Å². The number of ether oxygens (including phenoxy) is 2. The number of hydrogen-bond donors (Lipinski definition) is 2. The number of methoxy groups -OCH3 is 1. The molecule has 0 rings (SSSR count). The van der Waals surface area contributed by atoms with E-state index < -0.39 is 43.0 Å². The van der Waals surface area contributed by atoms with Gasteiger partial charge in [0.2, 0.25) is 0 Å². The van der Waals surface area contributed by atoms with Gasteiger partial charge >= 0.3 is 36.0 Å². The molecule has 0 aliphatic rings. The van der Waals surface area contributed by atoms with Gasteiger partial charge in [0.1, 0.15) is 0 Å². The van der Waals surface area contributed by atoms with Crippen LogP contribution in [0, 0.1) is 0 Å². The lowest BCUT2D eigenvalue weighted by atomic mass is 10.2. The maximum atomic E-state index is 12.0. The fraction of sp³-hybridized carbons (Fsp3) is 0.375. The van der Waals surface area contributed by atoms with Crippen molar-refractivity contribution in [3.63, 3.8) is 0 Å². The molecule has 0 saturated carbocycles. The highest BCUT2D eigenvalue weighted by atomic mass is 19.4. The molecule has 0 aromatic rings. The van der Waals surface area contributed by atoms with E-state index in [0.29, 0.717) is 11.6 Å². The highest BCUT2D eigenvalue weighted by Crippen LogP contribution is 2.35. The van der Waals surface area contributed by atoms with Crippen LogP contribution in [-0.2, 0) is 28.7 Å². The van der Waals surface area contributed by atoms with Crippen LogP contribution in [0.15, 0.2) is 37.0 Å². The van der Waals surface area contributed by atoms with Crippen LogP contribution in [0.2, 0.25) is 0 Å². The van der Waals surface area contributed by atoms with Crippen molar-refractivity contribution in [2.75, 3.05) is 13.7 Å².